The zero-order valence-electron chi connectivity index (χ0n) is 31.8. The lowest BCUT2D eigenvalue weighted by atomic mass is 9.41. The van der Waals surface area contributed by atoms with Crippen LogP contribution in [0.3, 0.4) is 0 Å². The summed E-state index contributed by atoms with van der Waals surface area (Å²) in [5.74, 6) is -0.591. The van der Waals surface area contributed by atoms with E-state index in [1.807, 2.05) is 6.92 Å². The average molecular weight is 1060 g/mol. The molecule has 0 aromatic heterocycles. The van der Waals surface area contributed by atoms with Crippen LogP contribution in [0.5, 0.6) is 0 Å². The van der Waals surface area contributed by atoms with Crippen LogP contribution in [0.15, 0.2) is 12.2 Å². The van der Waals surface area contributed by atoms with Gasteiger partial charge in [0.25, 0.3) is 0 Å². The van der Waals surface area contributed by atoms with Gasteiger partial charge < -0.3 is 84.6 Å². The van der Waals surface area contributed by atoms with Gasteiger partial charge in [-0.3, -0.25) is 4.79 Å². The molecule has 3 aliphatic heterocycles. The van der Waals surface area contributed by atoms with Crippen molar-refractivity contribution in [1.29, 1.82) is 0 Å². The van der Waals surface area contributed by atoms with Crippen molar-refractivity contribution in [3.05, 3.63) is 12.2 Å². The van der Waals surface area contributed by atoms with Gasteiger partial charge in [-0.1, -0.05) is 139 Å². The van der Waals surface area contributed by atoms with Crippen LogP contribution in [0.2, 0.25) is 0 Å². The highest BCUT2D eigenvalue weighted by Gasteiger charge is 2.69. The predicted octanol–water partition coefficient (Wildman–Crippen LogP) is 7.24. The summed E-state index contributed by atoms with van der Waals surface area (Å²) in [7, 11) is 0. The summed E-state index contributed by atoms with van der Waals surface area (Å²) >= 11 is 0. The molecule has 7 fully saturated rings. The van der Waals surface area contributed by atoms with Gasteiger partial charge in [-0.05, 0) is 86.5 Å². The van der Waals surface area contributed by atoms with Crippen LogP contribution >= 0.6 is 0 Å². The normalized spacial score (nSPS) is 42.5. The smallest absolute Gasteiger partial charge is 0.314 e. The Labute approximate surface area is 442 Å². The second kappa shape index (κ2) is 34.4. The highest BCUT2D eigenvalue weighted by molar-refractivity contribution is 5.77. The van der Waals surface area contributed by atoms with Gasteiger partial charge in [-0.25, -0.2) is 0 Å². The molecule has 7 aliphatic rings. The number of rotatable bonds is 9. The van der Waals surface area contributed by atoms with Gasteiger partial charge in [0.1, 0.15) is 73.2 Å². The Kier molecular flexibility index (Phi) is 44.4. The minimum absolute atomic E-state index is 0. The Morgan fingerprint density at radius 3 is 1.43 bits per heavy atom. The van der Waals surface area contributed by atoms with Gasteiger partial charge in [-0.2, -0.15) is 0 Å². The van der Waals surface area contributed by atoms with Crippen molar-refractivity contribution in [3.63, 3.8) is 0 Å². The average Bonchev–Trinajstić information content (AvgIpc) is 3.37. The summed E-state index contributed by atoms with van der Waals surface area (Å²) in [6.07, 6.45) is -17.8. The van der Waals surface area contributed by atoms with Crippen molar-refractivity contribution in [2.75, 3.05) is 19.8 Å². The number of ether oxygens (including phenoxy) is 6. The first-order valence-electron chi connectivity index (χ1n) is 19.9. The fourth-order valence-electron chi connectivity index (χ4n) is 12.0. The third-order valence-electron chi connectivity index (χ3n) is 15.0. The fourth-order valence-corrected chi connectivity index (χ4v) is 12.0. The minimum atomic E-state index is -1.81. The van der Waals surface area contributed by atoms with E-state index >= 15 is 0 Å². The molecule has 18 heteroatoms. The van der Waals surface area contributed by atoms with E-state index in [0.717, 1.165) is 18.4 Å². The molecule has 18 nitrogen and oxygen atoms in total. The molecule has 0 aromatic carbocycles. The number of carbonyl (C=O) groups excluding carboxylic acids is 1. The third-order valence-corrected chi connectivity index (χ3v) is 15.0. The molecule has 4 aliphatic carbocycles. The summed E-state index contributed by atoms with van der Waals surface area (Å²) in [5, 5.41) is 114. The van der Waals surface area contributed by atoms with Crippen LogP contribution in [0.4, 0.5) is 0 Å². The Balaban J connectivity index is -0.000000300. The van der Waals surface area contributed by atoms with E-state index in [4.69, 9.17) is 28.4 Å². The number of hydrogen-bond donors (Lipinski definition) is 11. The van der Waals surface area contributed by atoms with Crippen molar-refractivity contribution in [1.82, 2.24) is 0 Å². The van der Waals surface area contributed by atoms with Gasteiger partial charge in [0.05, 0.1) is 30.8 Å². The molecule has 3 heterocycles. The Morgan fingerprint density at radius 1 is 0.542 bits per heavy atom. The SMILES string of the molecule is C.C.C.C.C.C.C.C.C.C.C.C.C.C.C.C.C=C1C[C@@]23CCC4[C@](C)(C(=O)OC5OC(CO)C(O)C(O)C5O)CCC[C@@]4(C)[C@@H]2CCC1(OC1OC(CO)C(O)C(O)C1OC1OC(CO)C(O)C(O)C1O)C3. The molecule has 4 saturated carbocycles. The zero-order valence-corrected chi connectivity index (χ0v) is 31.8. The van der Waals surface area contributed by atoms with Gasteiger partial charge in [0.2, 0.25) is 6.29 Å². The molecule has 72 heavy (non-hydrogen) atoms. The molecule has 2 bridgehead atoms. The maximum Gasteiger partial charge on any atom is 0.314 e. The first-order valence-corrected chi connectivity index (χ1v) is 19.9. The zero-order chi connectivity index (χ0) is 40.7. The lowest BCUT2D eigenvalue weighted by Crippen LogP contribution is -2.65. The topological polar surface area (TPSA) is 295 Å². The van der Waals surface area contributed by atoms with Crippen molar-refractivity contribution >= 4 is 5.97 Å². The van der Waals surface area contributed by atoms with Crippen molar-refractivity contribution in [3.8, 4) is 0 Å². The molecule has 7 rings (SSSR count). The molecule has 3 saturated heterocycles. The quantitative estimate of drug-likeness (QED) is 0.0616. The van der Waals surface area contributed by atoms with Crippen molar-refractivity contribution in [2.24, 2.45) is 28.1 Å². The maximum absolute atomic E-state index is 14.1. The van der Waals surface area contributed by atoms with E-state index in [2.05, 4.69) is 13.5 Å². The number of aliphatic hydroxyl groups is 11. The number of hydrogen-bond acceptors (Lipinski definition) is 18. The largest absolute Gasteiger partial charge is 0.432 e. The Hall–Kier alpha value is -1.43. The lowest BCUT2D eigenvalue weighted by molar-refractivity contribution is -0.378. The number of fused-ring (bicyclic) bond motifs is 3. The van der Waals surface area contributed by atoms with Gasteiger partial charge in [-0.15, -0.1) is 0 Å². The number of esters is 1. The molecule has 0 aromatic rings. The molecular formula is C54H124O18. The van der Waals surface area contributed by atoms with E-state index < -0.39 is 129 Å². The lowest BCUT2D eigenvalue weighted by Gasteiger charge is -2.64. The minimum Gasteiger partial charge on any atom is -0.432 e. The molecular weight excluding hydrogens is 937 g/mol. The van der Waals surface area contributed by atoms with Gasteiger partial charge >= 0.3 is 5.97 Å². The highest BCUT2D eigenvalue weighted by atomic mass is 16.8. The van der Waals surface area contributed by atoms with E-state index in [-0.39, 0.29) is 141 Å². The van der Waals surface area contributed by atoms with E-state index in [9.17, 15) is 61.0 Å². The number of aliphatic hydroxyl groups excluding tert-OH is 11. The molecule has 0 radical (unpaired) electrons. The second-order valence-electron chi connectivity index (χ2n) is 18.0. The molecule has 17 unspecified atom stereocenters. The van der Waals surface area contributed by atoms with Crippen LogP contribution in [0.25, 0.3) is 0 Å². The first-order chi connectivity index (χ1) is 26.4. The van der Waals surface area contributed by atoms with Crippen LogP contribution in [-0.4, -0.2) is 180 Å². The van der Waals surface area contributed by atoms with Crippen molar-refractivity contribution in [2.45, 2.75) is 288 Å². The van der Waals surface area contributed by atoms with E-state index in [1.54, 1.807) is 0 Å². The first kappa shape index (κ1) is 93.1. The van der Waals surface area contributed by atoms with Crippen molar-refractivity contribution < 1.29 is 89.4 Å². The predicted molar refractivity (Wildman–Crippen MR) is 294 cm³/mol. The molecule has 448 valence electrons. The monoisotopic (exact) mass is 1060 g/mol. The summed E-state index contributed by atoms with van der Waals surface area (Å²) in [4.78, 5) is 14.1. The molecule has 0 amide bonds. The second-order valence-corrected chi connectivity index (χ2v) is 18.0. The Morgan fingerprint density at radius 2 is 0.958 bits per heavy atom. The van der Waals surface area contributed by atoms with E-state index in [1.165, 1.54) is 0 Å². The maximum atomic E-state index is 14.1. The molecule has 21 atom stereocenters. The van der Waals surface area contributed by atoms with Crippen LogP contribution in [0, 0.1) is 28.1 Å². The summed E-state index contributed by atoms with van der Waals surface area (Å²) in [6, 6.07) is 0. The standard InChI is InChI=1S/C38H60O18.16CH4/c1-16-11-37-9-5-20-35(2,7-4-8-36(20,3)34(50)55-32-29(49)26(46)23(43)18(13-40)52-32)21(37)6-10-38(16,15-37)56-33-30(27(47)24(44)19(14-41)53-33)54-31-28(48)25(45)22(42)17(12-39)51-31;;;;;;;;;;;;;;;;/h17-33,39-49H,1,4-15H2,2-3H3;16*1H4/t17?,18?,19?,20?,21-,22?,23?,24?,25?,26?,27?,28?,29?,30?,31?,32?,33?,35+,36+,37+,38?;;;;;;;;;;;;;;;;/m0................/s1. The van der Waals surface area contributed by atoms with Crippen LogP contribution in [0.1, 0.15) is 190 Å². The number of carbonyl (C=O) groups is 1. The van der Waals surface area contributed by atoms with Crippen LogP contribution in [-0.2, 0) is 33.2 Å². The van der Waals surface area contributed by atoms with E-state index in [0.29, 0.717) is 44.9 Å². The summed E-state index contributed by atoms with van der Waals surface area (Å²) < 4.78 is 35.6. The molecule has 11 N–H and O–H groups in total. The summed E-state index contributed by atoms with van der Waals surface area (Å²) in [5.41, 5.74) is -1.80. The fraction of sp³-hybridized carbons (Fsp3) is 0.944. The molecule has 1 spiro atoms. The Bertz CT molecular complexity index is 1460. The van der Waals surface area contributed by atoms with Gasteiger partial charge in [0.15, 0.2) is 12.6 Å². The highest BCUT2D eigenvalue weighted by Crippen LogP contribution is 2.73. The summed E-state index contributed by atoms with van der Waals surface area (Å²) in [6.45, 7) is 6.52. The van der Waals surface area contributed by atoms with Crippen LogP contribution < -0.4 is 0 Å². The van der Waals surface area contributed by atoms with Gasteiger partial charge in [0, 0.05) is 0 Å². The third kappa shape index (κ3) is 15.0.